The predicted molar refractivity (Wildman–Crippen MR) is 140 cm³/mol. The Hall–Kier alpha value is -3.20. The predicted octanol–water partition coefficient (Wildman–Crippen LogP) is 1.08. The van der Waals surface area contributed by atoms with Crippen molar-refractivity contribution in [3.63, 3.8) is 0 Å². The number of rotatable bonds is 12. The fourth-order valence-electron chi connectivity index (χ4n) is 3.83. The Kier molecular flexibility index (Phi) is 10.2. The smallest absolute Gasteiger partial charge is 0.459 e. The van der Waals surface area contributed by atoms with Crippen LogP contribution in [-0.4, -0.2) is 89.7 Å². The molecule has 1 aromatic heterocycles. The Balaban J connectivity index is 1.77. The van der Waals surface area contributed by atoms with Gasteiger partial charge < -0.3 is 29.3 Å². The highest BCUT2D eigenvalue weighted by Gasteiger charge is 2.56. The summed E-state index contributed by atoms with van der Waals surface area (Å²) in [5.74, 6) is -1.06. The van der Waals surface area contributed by atoms with Crippen LogP contribution in [0.5, 0.6) is 5.75 Å². The van der Waals surface area contributed by atoms with Crippen molar-refractivity contribution in [1.82, 2.24) is 19.5 Å². The van der Waals surface area contributed by atoms with E-state index in [1.54, 1.807) is 37.2 Å². The fraction of sp³-hybridized carbons (Fsp3) is 0.500. The number of benzene rings is 1. The third-order valence-electron chi connectivity index (χ3n) is 5.81. The molecule has 40 heavy (non-hydrogen) atoms. The molecule has 1 saturated heterocycles. The quantitative estimate of drug-likeness (QED) is 0.240. The van der Waals surface area contributed by atoms with Crippen molar-refractivity contribution in [3.8, 4) is 5.75 Å². The number of para-hydroxylation sites is 1. The molecule has 3 rings (SSSR count). The number of alkyl halides is 1. The number of aliphatic hydroxyl groups is 1. The first kappa shape index (κ1) is 31.3. The summed E-state index contributed by atoms with van der Waals surface area (Å²) in [6.07, 6.45) is -3.71. The molecule has 1 amide bonds. The average Bonchev–Trinajstić information content (AvgIpc) is 3.10. The van der Waals surface area contributed by atoms with Crippen molar-refractivity contribution < 1.29 is 42.2 Å². The molecule has 1 aromatic carbocycles. The lowest BCUT2D eigenvalue weighted by Gasteiger charge is -2.25. The molecule has 16 heteroatoms. The molecular formula is C24H33FN5O9P. The minimum absolute atomic E-state index is 0.0445. The van der Waals surface area contributed by atoms with E-state index in [1.165, 1.54) is 31.3 Å². The summed E-state index contributed by atoms with van der Waals surface area (Å²) >= 11 is 0. The van der Waals surface area contributed by atoms with E-state index in [1.807, 2.05) is 0 Å². The molecule has 14 nitrogen and oxygen atoms in total. The van der Waals surface area contributed by atoms with Gasteiger partial charge >= 0.3 is 19.4 Å². The van der Waals surface area contributed by atoms with Gasteiger partial charge in [0.2, 0.25) is 5.91 Å². The Morgan fingerprint density at radius 1 is 1.30 bits per heavy atom. The Morgan fingerprint density at radius 2 is 1.98 bits per heavy atom. The highest BCUT2D eigenvalue weighted by Crippen LogP contribution is 2.47. The van der Waals surface area contributed by atoms with Crippen LogP contribution >= 0.6 is 7.75 Å². The molecule has 220 valence electrons. The van der Waals surface area contributed by atoms with E-state index in [4.69, 9.17) is 13.8 Å². The van der Waals surface area contributed by atoms with Crippen LogP contribution in [0.4, 0.5) is 10.2 Å². The van der Waals surface area contributed by atoms with Crippen LogP contribution in [0.25, 0.3) is 0 Å². The molecule has 0 radical (unpaired) electrons. The topological polar surface area (TPSA) is 171 Å². The molecular weight excluding hydrogens is 552 g/mol. The second kappa shape index (κ2) is 13.0. The number of ether oxygens (including phenoxy) is 2. The first-order chi connectivity index (χ1) is 18.8. The standard InChI is InChI=1S/C24H33FN5O9P/c1-15(21(33)36-5)28-40(35,39-16-9-7-6-8-10-16)37-14-17-20(32)24(2,25)22(38-17)30-12-11-18(27-23(30)34)26-19(31)13-29(3)4/h6-12,15,17,20,22,32H,13-14H2,1-5H3,(H,28,35)(H,26,27,31,34)/t15-,17-,20-,22-,24-,40?/m1/s1. The molecule has 6 atom stereocenters. The van der Waals surface area contributed by atoms with Crippen molar-refractivity contribution in [1.29, 1.82) is 0 Å². The number of anilines is 1. The molecule has 1 aliphatic heterocycles. The van der Waals surface area contributed by atoms with Crippen molar-refractivity contribution in [2.75, 3.05) is 39.7 Å². The molecule has 3 N–H and O–H groups in total. The number of hydrogen-bond acceptors (Lipinski definition) is 11. The van der Waals surface area contributed by atoms with Gasteiger partial charge in [0.25, 0.3) is 0 Å². The van der Waals surface area contributed by atoms with Crippen molar-refractivity contribution in [2.45, 2.75) is 44.0 Å². The Labute approximate surface area is 230 Å². The molecule has 2 heterocycles. The van der Waals surface area contributed by atoms with Crippen LogP contribution in [0.15, 0.2) is 47.4 Å². The number of amides is 1. The van der Waals surface area contributed by atoms with Gasteiger partial charge in [0.1, 0.15) is 29.8 Å². The number of carbonyl (C=O) groups excluding carboxylic acids is 2. The van der Waals surface area contributed by atoms with E-state index in [0.29, 0.717) is 0 Å². The molecule has 0 saturated carbocycles. The van der Waals surface area contributed by atoms with Gasteiger partial charge in [-0.1, -0.05) is 18.2 Å². The lowest BCUT2D eigenvalue weighted by atomic mass is 9.98. The maximum absolute atomic E-state index is 15.7. The van der Waals surface area contributed by atoms with Crippen LogP contribution in [0.2, 0.25) is 0 Å². The van der Waals surface area contributed by atoms with Gasteiger partial charge in [0.15, 0.2) is 11.9 Å². The summed E-state index contributed by atoms with van der Waals surface area (Å²) in [7, 11) is 0.229. The maximum Gasteiger partial charge on any atom is 0.459 e. The summed E-state index contributed by atoms with van der Waals surface area (Å²) in [4.78, 5) is 41.9. The highest BCUT2D eigenvalue weighted by atomic mass is 31.2. The van der Waals surface area contributed by atoms with Gasteiger partial charge in [-0.3, -0.25) is 18.7 Å². The maximum atomic E-state index is 15.7. The summed E-state index contributed by atoms with van der Waals surface area (Å²) in [5.41, 5.74) is -3.45. The number of aromatic nitrogens is 2. The van der Waals surface area contributed by atoms with Crippen LogP contribution in [0.3, 0.4) is 0 Å². The van der Waals surface area contributed by atoms with Crippen LogP contribution in [-0.2, 0) is 28.2 Å². The van der Waals surface area contributed by atoms with E-state index in [0.717, 1.165) is 18.6 Å². The SMILES string of the molecule is COC(=O)[C@@H](C)NP(=O)(OC[C@H]1O[C@@H](n2ccc(NC(=O)CN(C)C)nc2=O)[C@](C)(F)[C@@H]1O)Oc1ccccc1. The number of methoxy groups -OCH3 is 1. The minimum Gasteiger partial charge on any atom is -0.468 e. The molecule has 0 aliphatic carbocycles. The Morgan fingerprint density at radius 3 is 2.58 bits per heavy atom. The van der Waals surface area contributed by atoms with Gasteiger partial charge in [0, 0.05) is 6.20 Å². The minimum atomic E-state index is -4.31. The summed E-state index contributed by atoms with van der Waals surface area (Å²) < 4.78 is 51.3. The zero-order valence-electron chi connectivity index (χ0n) is 22.6. The van der Waals surface area contributed by atoms with Crippen molar-refractivity contribution >= 4 is 25.4 Å². The molecule has 2 aromatic rings. The van der Waals surface area contributed by atoms with Gasteiger partial charge in [0.05, 0.1) is 20.3 Å². The van der Waals surface area contributed by atoms with Crippen molar-refractivity contribution in [3.05, 3.63) is 53.1 Å². The lowest BCUT2D eigenvalue weighted by Crippen LogP contribution is -2.43. The third kappa shape index (κ3) is 7.71. The van der Waals surface area contributed by atoms with Crippen LogP contribution in [0.1, 0.15) is 20.1 Å². The van der Waals surface area contributed by atoms with Gasteiger partial charge in [-0.15, -0.1) is 0 Å². The Bertz CT molecular complexity index is 1290. The number of likely N-dealkylation sites (N-methyl/N-ethyl adjacent to an activating group) is 1. The van der Waals surface area contributed by atoms with E-state index in [-0.39, 0.29) is 18.1 Å². The van der Waals surface area contributed by atoms with Gasteiger partial charge in [-0.05, 0) is 46.1 Å². The lowest BCUT2D eigenvalue weighted by molar-refractivity contribution is -0.142. The second-order valence-electron chi connectivity index (χ2n) is 9.48. The first-order valence-corrected chi connectivity index (χ1v) is 13.7. The normalized spacial score (nSPS) is 24.8. The number of halogens is 1. The molecule has 1 unspecified atom stereocenters. The zero-order chi connectivity index (χ0) is 29.7. The third-order valence-corrected chi connectivity index (χ3v) is 7.45. The number of esters is 1. The van der Waals surface area contributed by atoms with E-state index in [2.05, 4.69) is 20.1 Å². The number of carbonyl (C=O) groups is 2. The second-order valence-corrected chi connectivity index (χ2v) is 11.2. The fourth-order valence-corrected chi connectivity index (χ4v) is 5.33. The average molecular weight is 586 g/mol. The van der Waals surface area contributed by atoms with E-state index in [9.17, 15) is 24.1 Å². The largest absolute Gasteiger partial charge is 0.468 e. The summed E-state index contributed by atoms with van der Waals surface area (Å²) in [5, 5.41) is 15.6. The summed E-state index contributed by atoms with van der Waals surface area (Å²) in [6.45, 7) is 1.80. The van der Waals surface area contributed by atoms with E-state index < -0.39 is 62.1 Å². The van der Waals surface area contributed by atoms with E-state index >= 15 is 4.39 Å². The number of nitrogens with one attached hydrogen (secondary N) is 2. The number of aliphatic hydroxyl groups excluding tert-OH is 1. The van der Waals surface area contributed by atoms with Crippen LogP contribution < -0.4 is 20.6 Å². The molecule has 0 bridgehead atoms. The molecule has 1 fully saturated rings. The first-order valence-electron chi connectivity index (χ1n) is 12.2. The molecule has 1 aliphatic rings. The van der Waals surface area contributed by atoms with Gasteiger partial charge in [-0.2, -0.15) is 10.1 Å². The highest BCUT2D eigenvalue weighted by molar-refractivity contribution is 7.52. The zero-order valence-corrected chi connectivity index (χ0v) is 23.5. The van der Waals surface area contributed by atoms with Crippen LogP contribution in [0, 0.1) is 0 Å². The van der Waals surface area contributed by atoms with Crippen molar-refractivity contribution in [2.24, 2.45) is 0 Å². The number of hydrogen-bond donors (Lipinski definition) is 3. The monoisotopic (exact) mass is 585 g/mol. The summed E-state index contributed by atoms with van der Waals surface area (Å²) in [6, 6.07) is 8.12. The van der Waals surface area contributed by atoms with Gasteiger partial charge in [-0.25, -0.2) is 13.8 Å². The molecule has 0 spiro atoms. The number of nitrogens with zero attached hydrogens (tertiary/aromatic N) is 3.